The molecular formula is C21H32N6O2. The van der Waals surface area contributed by atoms with Gasteiger partial charge in [-0.1, -0.05) is 19.4 Å². The van der Waals surface area contributed by atoms with Crippen LogP contribution in [-0.2, 0) is 0 Å². The number of hydrazone groups is 2. The zero-order valence-electron chi connectivity index (χ0n) is 17.3. The van der Waals surface area contributed by atoms with Crippen molar-refractivity contribution < 1.29 is 9.59 Å². The molecule has 3 fully saturated rings. The number of nitrogens with one attached hydrogen (secondary N) is 2. The van der Waals surface area contributed by atoms with Crippen LogP contribution in [0.15, 0.2) is 21.9 Å². The third kappa shape index (κ3) is 3.32. The van der Waals surface area contributed by atoms with Crippen LogP contribution in [0.5, 0.6) is 0 Å². The third-order valence-electron chi connectivity index (χ3n) is 8.33. The number of primary amides is 2. The van der Waals surface area contributed by atoms with Crippen LogP contribution in [0.25, 0.3) is 0 Å². The number of carbonyl (C=O) groups excluding carboxylic acids is 2. The van der Waals surface area contributed by atoms with Crippen LogP contribution in [0, 0.1) is 28.6 Å². The summed E-state index contributed by atoms with van der Waals surface area (Å²) in [6, 6.07) is -1.22. The molecular weight excluding hydrogens is 368 g/mol. The van der Waals surface area contributed by atoms with Crippen molar-refractivity contribution in [2.75, 3.05) is 0 Å². The number of nitrogens with two attached hydrogens (primary N) is 2. The first-order valence-corrected chi connectivity index (χ1v) is 10.7. The molecule has 0 bridgehead atoms. The summed E-state index contributed by atoms with van der Waals surface area (Å²) in [6.45, 7) is 4.76. The first-order valence-electron chi connectivity index (χ1n) is 10.7. The number of hydrogen-bond donors (Lipinski definition) is 4. The molecule has 0 aromatic rings. The zero-order chi connectivity index (χ0) is 20.8. The van der Waals surface area contributed by atoms with Crippen LogP contribution in [0.3, 0.4) is 0 Å². The monoisotopic (exact) mass is 400 g/mol. The van der Waals surface area contributed by atoms with Crippen LogP contribution >= 0.6 is 0 Å². The van der Waals surface area contributed by atoms with Gasteiger partial charge in [0.2, 0.25) is 0 Å². The number of rotatable bonds is 2. The molecule has 4 amide bonds. The van der Waals surface area contributed by atoms with Crippen LogP contribution < -0.4 is 22.3 Å². The fourth-order valence-electron chi connectivity index (χ4n) is 6.88. The minimum absolute atomic E-state index is 0.0634. The Morgan fingerprint density at radius 1 is 0.931 bits per heavy atom. The maximum absolute atomic E-state index is 11.1. The van der Waals surface area contributed by atoms with Gasteiger partial charge in [0.15, 0.2) is 0 Å². The summed E-state index contributed by atoms with van der Waals surface area (Å²) >= 11 is 0. The predicted molar refractivity (Wildman–Crippen MR) is 112 cm³/mol. The molecule has 0 aromatic heterocycles. The lowest BCUT2D eigenvalue weighted by molar-refractivity contribution is -0.0155. The van der Waals surface area contributed by atoms with Gasteiger partial charge in [-0.3, -0.25) is 0 Å². The Bertz CT molecular complexity index is 818. The van der Waals surface area contributed by atoms with E-state index in [9.17, 15) is 9.59 Å². The molecule has 3 unspecified atom stereocenters. The van der Waals surface area contributed by atoms with E-state index >= 15 is 0 Å². The second-order valence-corrected chi connectivity index (χ2v) is 9.61. The Morgan fingerprint density at radius 2 is 1.62 bits per heavy atom. The molecule has 3 saturated carbocycles. The number of hydrogen-bond acceptors (Lipinski definition) is 4. The van der Waals surface area contributed by atoms with Gasteiger partial charge in [-0.05, 0) is 80.6 Å². The van der Waals surface area contributed by atoms with Crippen molar-refractivity contribution in [2.24, 2.45) is 50.3 Å². The van der Waals surface area contributed by atoms with Crippen LogP contribution in [0.4, 0.5) is 9.59 Å². The van der Waals surface area contributed by atoms with Crippen LogP contribution in [0.2, 0.25) is 0 Å². The molecule has 0 radical (unpaired) electrons. The second kappa shape index (κ2) is 7.15. The molecule has 0 saturated heterocycles. The Labute approximate surface area is 171 Å². The minimum atomic E-state index is -0.621. The SMILES string of the molecule is C[C@]12CCC(=NNC(N)=O)C=C1CCC1C2CC[C@]2(C)C(=NNC(N)=O)CCC12. The molecule has 4 aliphatic rings. The highest BCUT2D eigenvalue weighted by Crippen LogP contribution is 2.64. The predicted octanol–water partition coefficient (Wildman–Crippen LogP) is 3.00. The first-order chi connectivity index (χ1) is 13.7. The Balaban J connectivity index is 1.57. The summed E-state index contributed by atoms with van der Waals surface area (Å²) < 4.78 is 0. The lowest BCUT2D eigenvalue weighted by Crippen LogP contribution is -2.50. The summed E-state index contributed by atoms with van der Waals surface area (Å²) in [6.07, 6.45) is 10.7. The van der Waals surface area contributed by atoms with Crippen LogP contribution in [0.1, 0.15) is 65.2 Å². The van der Waals surface area contributed by atoms with Crippen molar-refractivity contribution in [3.63, 3.8) is 0 Å². The summed E-state index contributed by atoms with van der Waals surface area (Å²) in [7, 11) is 0. The Kier molecular flexibility index (Phi) is 4.91. The molecule has 0 spiro atoms. The molecule has 29 heavy (non-hydrogen) atoms. The van der Waals surface area contributed by atoms with E-state index < -0.39 is 12.1 Å². The van der Waals surface area contributed by atoms with Crippen LogP contribution in [-0.4, -0.2) is 23.5 Å². The van der Waals surface area contributed by atoms with Gasteiger partial charge in [-0.15, -0.1) is 0 Å². The summed E-state index contributed by atoms with van der Waals surface area (Å²) in [5.41, 5.74) is 19.0. The molecule has 158 valence electrons. The molecule has 5 atom stereocenters. The standard InChI is InChI=1S/C21H32N6O2/c1-20-9-7-13(24-26-18(22)28)11-12(20)3-4-14-15-5-6-17(25-27-19(23)29)21(15,2)10-8-16(14)20/h11,14-16H,3-10H2,1-2H3,(H3,22,26,28)(H3,23,27,29)/t14?,15?,16?,20-,21-/m0/s1. The van der Waals surface area contributed by atoms with Crippen molar-refractivity contribution >= 4 is 23.5 Å². The number of carbonyl (C=O) groups is 2. The number of allylic oxidation sites excluding steroid dienone is 2. The van der Waals surface area contributed by atoms with Gasteiger partial charge in [0.25, 0.3) is 0 Å². The largest absolute Gasteiger partial charge is 0.350 e. The topological polar surface area (TPSA) is 135 Å². The summed E-state index contributed by atoms with van der Waals surface area (Å²) in [4.78, 5) is 22.1. The molecule has 4 aliphatic carbocycles. The highest BCUT2D eigenvalue weighted by Gasteiger charge is 2.58. The van der Waals surface area contributed by atoms with E-state index in [-0.39, 0.29) is 10.8 Å². The number of urea groups is 2. The quantitative estimate of drug-likeness (QED) is 0.530. The second-order valence-electron chi connectivity index (χ2n) is 9.61. The third-order valence-corrected chi connectivity index (χ3v) is 8.33. The molecule has 0 aromatic carbocycles. The molecule has 0 aliphatic heterocycles. The van der Waals surface area contributed by atoms with E-state index in [2.05, 4.69) is 41.0 Å². The van der Waals surface area contributed by atoms with E-state index in [1.807, 2.05) is 0 Å². The maximum Gasteiger partial charge on any atom is 0.332 e. The van der Waals surface area contributed by atoms with Crippen molar-refractivity contribution in [3.8, 4) is 0 Å². The number of fused-ring (bicyclic) bond motifs is 5. The van der Waals surface area contributed by atoms with E-state index in [0.717, 1.165) is 49.9 Å². The summed E-state index contributed by atoms with van der Waals surface area (Å²) in [5, 5.41) is 8.55. The van der Waals surface area contributed by atoms with Gasteiger partial charge in [0, 0.05) is 11.1 Å². The zero-order valence-corrected chi connectivity index (χ0v) is 17.3. The van der Waals surface area contributed by atoms with Crippen molar-refractivity contribution in [1.82, 2.24) is 10.9 Å². The molecule has 0 heterocycles. The number of amides is 4. The average Bonchev–Trinajstić information content (AvgIpc) is 3.01. The van der Waals surface area contributed by atoms with Gasteiger partial charge in [-0.2, -0.15) is 10.2 Å². The molecule has 8 nitrogen and oxygen atoms in total. The molecule has 6 N–H and O–H groups in total. The van der Waals surface area contributed by atoms with Gasteiger partial charge < -0.3 is 11.5 Å². The highest BCUT2D eigenvalue weighted by molar-refractivity contribution is 5.97. The van der Waals surface area contributed by atoms with E-state index in [1.54, 1.807) is 0 Å². The molecule has 8 heteroatoms. The van der Waals surface area contributed by atoms with E-state index in [0.29, 0.717) is 17.8 Å². The normalized spacial score (nSPS) is 41.2. The average molecular weight is 401 g/mol. The first kappa shape index (κ1) is 19.9. The van der Waals surface area contributed by atoms with E-state index in [4.69, 9.17) is 11.5 Å². The van der Waals surface area contributed by atoms with Crippen molar-refractivity contribution in [2.45, 2.75) is 65.2 Å². The lowest BCUT2D eigenvalue weighted by atomic mass is 9.47. The van der Waals surface area contributed by atoms with Gasteiger partial charge in [0.05, 0.1) is 5.71 Å². The van der Waals surface area contributed by atoms with Gasteiger partial charge in [0.1, 0.15) is 0 Å². The number of nitrogens with zero attached hydrogens (tertiary/aromatic N) is 2. The minimum Gasteiger partial charge on any atom is -0.350 e. The Morgan fingerprint density at radius 3 is 2.34 bits per heavy atom. The van der Waals surface area contributed by atoms with Gasteiger partial charge >= 0.3 is 12.1 Å². The maximum atomic E-state index is 11.1. The van der Waals surface area contributed by atoms with E-state index in [1.165, 1.54) is 18.4 Å². The lowest BCUT2D eigenvalue weighted by Gasteiger charge is -2.57. The highest BCUT2D eigenvalue weighted by atomic mass is 16.2. The fraction of sp³-hybridized carbons (Fsp3) is 0.714. The fourth-order valence-corrected chi connectivity index (χ4v) is 6.88. The van der Waals surface area contributed by atoms with Gasteiger partial charge in [-0.25, -0.2) is 20.4 Å². The molecule has 4 rings (SSSR count). The smallest absolute Gasteiger partial charge is 0.332 e. The van der Waals surface area contributed by atoms with Crippen molar-refractivity contribution in [3.05, 3.63) is 11.6 Å². The summed E-state index contributed by atoms with van der Waals surface area (Å²) in [5.74, 6) is 1.95. The Hall–Kier alpha value is -2.38. The van der Waals surface area contributed by atoms with Crippen molar-refractivity contribution in [1.29, 1.82) is 0 Å².